The van der Waals surface area contributed by atoms with E-state index in [-0.39, 0.29) is 15.4 Å². The fourth-order valence-corrected chi connectivity index (χ4v) is 8.14. The average Bonchev–Trinajstić information content (AvgIpc) is 2.79. The Bertz CT molecular complexity index is 1110. The number of benzene rings is 2. The zero-order valence-corrected chi connectivity index (χ0v) is 20.2. The molecule has 2 aromatic rings. The summed E-state index contributed by atoms with van der Waals surface area (Å²) in [6, 6.07) is 16.1. The molecule has 0 bridgehead atoms. The van der Waals surface area contributed by atoms with E-state index in [0.29, 0.717) is 38.4 Å². The molecule has 7 nitrogen and oxygen atoms in total. The van der Waals surface area contributed by atoms with Crippen molar-refractivity contribution in [3.05, 3.63) is 54.6 Å². The van der Waals surface area contributed by atoms with Gasteiger partial charge < -0.3 is 4.74 Å². The number of nitrogens with zero attached hydrogens (tertiary/aromatic N) is 1. The first-order valence-electron chi connectivity index (χ1n) is 10.7. The third kappa shape index (κ3) is 5.48. The maximum Gasteiger partial charge on any atom is 0.240 e. The van der Waals surface area contributed by atoms with Crippen LogP contribution in [0.25, 0.3) is 0 Å². The monoisotopic (exact) mass is 496 g/mol. The number of ether oxygens (including phenoxy) is 1. The van der Waals surface area contributed by atoms with Crippen LogP contribution in [0.3, 0.4) is 0 Å². The number of sulfonamides is 2. The first-order valence-corrected chi connectivity index (χ1v) is 14.6. The zero-order valence-electron chi connectivity index (χ0n) is 17.8. The molecule has 0 radical (unpaired) electrons. The van der Waals surface area contributed by atoms with E-state index >= 15 is 0 Å². The molecular formula is C22H28N2O5S3. The lowest BCUT2D eigenvalue weighted by atomic mass is 9.99. The summed E-state index contributed by atoms with van der Waals surface area (Å²) in [5.41, 5.74) is 0.504. The topological polar surface area (TPSA) is 92.8 Å². The van der Waals surface area contributed by atoms with Gasteiger partial charge in [0.1, 0.15) is 0 Å². The van der Waals surface area contributed by atoms with Crippen LogP contribution in [0.1, 0.15) is 25.7 Å². The minimum Gasteiger partial charge on any atom is -0.381 e. The largest absolute Gasteiger partial charge is 0.381 e. The average molecular weight is 497 g/mol. The van der Waals surface area contributed by atoms with Crippen molar-refractivity contribution in [2.45, 2.75) is 40.2 Å². The van der Waals surface area contributed by atoms with E-state index in [1.807, 2.05) is 30.3 Å². The van der Waals surface area contributed by atoms with Crippen molar-refractivity contribution in [2.75, 3.05) is 36.4 Å². The van der Waals surface area contributed by atoms with E-state index < -0.39 is 20.0 Å². The number of rotatable bonds is 7. The van der Waals surface area contributed by atoms with Gasteiger partial charge in [0.2, 0.25) is 20.0 Å². The molecule has 2 aliphatic heterocycles. The SMILES string of the molecule is O=S(=O)(NCC1(Sc2ccccc2)CCOCC1)c1ccc(N2CCCCS2(=O)=O)cc1. The fourth-order valence-electron chi connectivity index (χ4n) is 3.98. The van der Waals surface area contributed by atoms with Crippen molar-refractivity contribution < 1.29 is 21.6 Å². The fraction of sp³-hybridized carbons (Fsp3) is 0.455. The van der Waals surface area contributed by atoms with Crippen molar-refractivity contribution >= 4 is 37.5 Å². The number of anilines is 1. The minimum absolute atomic E-state index is 0.124. The van der Waals surface area contributed by atoms with Gasteiger partial charge in [-0.25, -0.2) is 21.6 Å². The van der Waals surface area contributed by atoms with Gasteiger partial charge in [-0.15, -0.1) is 11.8 Å². The number of hydrogen-bond donors (Lipinski definition) is 1. The van der Waals surface area contributed by atoms with Gasteiger partial charge in [-0.3, -0.25) is 4.31 Å². The number of thioether (sulfide) groups is 1. The Morgan fingerprint density at radius 1 is 1.00 bits per heavy atom. The summed E-state index contributed by atoms with van der Waals surface area (Å²) in [6.07, 6.45) is 2.95. The Kier molecular flexibility index (Phi) is 7.16. The predicted molar refractivity (Wildman–Crippen MR) is 127 cm³/mol. The molecule has 2 saturated heterocycles. The summed E-state index contributed by atoms with van der Waals surface area (Å²) >= 11 is 1.69. The summed E-state index contributed by atoms with van der Waals surface area (Å²) in [6.45, 7) is 1.91. The van der Waals surface area contributed by atoms with Crippen LogP contribution in [0.4, 0.5) is 5.69 Å². The predicted octanol–water partition coefficient (Wildman–Crippen LogP) is 3.24. The van der Waals surface area contributed by atoms with Gasteiger partial charge in [-0.05, 0) is 62.1 Å². The molecule has 32 heavy (non-hydrogen) atoms. The van der Waals surface area contributed by atoms with Crippen molar-refractivity contribution in [2.24, 2.45) is 0 Å². The molecule has 10 heteroatoms. The first-order chi connectivity index (χ1) is 15.3. The zero-order chi connectivity index (χ0) is 22.7. The second-order valence-corrected chi connectivity index (χ2v) is 13.4. The van der Waals surface area contributed by atoms with Gasteiger partial charge in [-0.1, -0.05) is 18.2 Å². The van der Waals surface area contributed by atoms with Crippen LogP contribution in [-0.2, 0) is 24.8 Å². The Morgan fingerprint density at radius 2 is 1.69 bits per heavy atom. The lowest BCUT2D eigenvalue weighted by Gasteiger charge is -2.36. The van der Waals surface area contributed by atoms with Crippen LogP contribution in [0, 0.1) is 0 Å². The molecule has 0 unspecified atom stereocenters. The van der Waals surface area contributed by atoms with E-state index in [0.717, 1.165) is 24.2 Å². The van der Waals surface area contributed by atoms with E-state index in [1.165, 1.54) is 16.4 Å². The molecule has 0 atom stereocenters. The van der Waals surface area contributed by atoms with Crippen molar-refractivity contribution in [1.82, 2.24) is 4.72 Å². The second kappa shape index (κ2) is 9.72. The molecule has 2 heterocycles. The van der Waals surface area contributed by atoms with Crippen LogP contribution < -0.4 is 9.03 Å². The van der Waals surface area contributed by atoms with Gasteiger partial charge in [0.15, 0.2) is 0 Å². The van der Waals surface area contributed by atoms with Gasteiger partial charge in [0.25, 0.3) is 0 Å². The van der Waals surface area contributed by atoms with E-state index in [9.17, 15) is 16.8 Å². The smallest absolute Gasteiger partial charge is 0.240 e. The maximum absolute atomic E-state index is 13.0. The third-order valence-electron chi connectivity index (χ3n) is 5.85. The lowest BCUT2D eigenvalue weighted by Crippen LogP contribution is -2.44. The summed E-state index contributed by atoms with van der Waals surface area (Å²) in [7, 11) is -7.07. The molecule has 2 aliphatic rings. The highest BCUT2D eigenvalue weighted by atomic mass is 32.2. The molecule has 1 N–H and O–H groups in total. The molecule has 174 valence electrons. The Balaban J connectivity index is 1.48. The molecule has 0 spiro atoms. The highest BCUT2D eigenvalue weighted by Gasteiger charge is 2.35. The van der Waals surface area contributed by atoms with Gasteiger partial charge in [0, 0.05) is 35.9 Å². The molecule has 0 saturated carbocycles. The first kappa shape index (κ1) is 23.6. The van der Waals surface area contributed by atoms with Gasteiger partial charge >= 0.3 is 0 Å². The Labute approximate surface area is 194 Å². The molecule has 0 aromatic heterocycles. The van der Waals surface area contributed by atoms with E-state index in [1.54, 1.807) is 23.9 Å². The molecule has 0 amide bonds. The van der Waals surface area contributed by atoms with Gasteiger partial charge in [-0.2, -0.15) is 0 Å². The third-order valence-corrected chi connectivity index (χ3v) is 10.6. The van der Waals surface area contributed by atoms with Crippen LogP contribution in [0.2, 0.25) is 0 Å². The Morgan fingerprint density at radius 3 is 2.34 bits per heavy atom. The minimum atomic E-state index is -3.74. The number of nitrogens with one attached hydrogen (secondary N) is 1. The standard InChI is InChI=1S/C22H28N2O5S3/c25-31(26)17-5-4-14-24(31)19-8-10-21(11-9-19)32(27,28)23-18-22(12-15-29-16-13-22)30-20-6-2-1-3-7-20/h1-3,6-11,23H,4-5,12-18H2. The second-order valence-electron chi connectivity index (χ2n) is 8.12. The lowest BCUT2D eigenvalue weighted by molar-refractivity contribution is 0.0784. The summed E-state index contributed by atoms with van der Waals surface area (Å²) in [5.74, 6) is 0.124. The van der Waals surface area contributed by atoms with E-state index in [4.69, 9.17) is 4.74 Å². The molecule has 0 aliphatic carbocycles. The summed E-state index contributed by atoms with van der Waals surface area (Å²) in [5, 5.41) is 0. The molecule has 2 aromatic carbocycles. The van der Waals surface area contributed by atoms with Crippen molar-refractivity contribution in [3.63, 3.8) is 0 Å². The van der Waals surface area contributed by atoms with Gasteiger partial charge in [0.05, 0.1) is 16.3 Å². The van der Waals surface area contributed by atoms with Crippen molar-refractivity contribution in [1.29, 1.82) is 0 Å². The molecular weight excluding hydrogens is 468 g/mol. The highest BCUT2D eigenvalue weighted by molar-refractivity contribution is 8.00. The summed E-state index contributed by atoms with van der Waals surface area (Å²) < 4.78 is 60.0. The maximum atomic E-state index is 13.0. The Hall–Kier alpha value is -1.59. The van der Waals surface area contributed by atoms with Crippen LogP contribution in [0.15, 0.2) is 64.4 Å². The number of hydrogen-bond acceptors (Lipinski definition) is 6. The quantitative estimate of drug-likeness (QED) is 0.633. The van der Waals surface area contributed by atoms with Crippen LogP contribution in [0.5, 0.6) is 0 Å². The molecule has 2 fully saturated rings. The summed E-state index contributed by atoms with van der Waals surface area (Å²) in [4.78, 5) is 1.23. The highest BCUT2D eigenvalue weighted by Crippen LogP contribution is 2.40. The van der Waals surface area contributed by atoms with Crippen LogP contribution in [-0.4, -0.2) is 53.6 Å². The normalized spacial score (nSPS) is 20.7. The van der Waals surface area contributed by atoms with Crippen LogP contribution >= 0.6 is 11.8 Å². The van der Waals surface area contributed by atoms with E-state index in [2.05, 4.69) is 4.72 Å². The molecule has 4 rings (SSSR count). The van der Waals surface area contributed by atoms with Crippen molar-refractivity contribution in [3.8, 4) is 0 Å².